The predicted molar refractivity (Wildman–Crippen MR) is 122 cm³/mol. The van der Waals surface area contributed by atoms with Crippen LogP contribution in [0.5, 0.6) is 5.75 Å². The van der Waals surface area contributed by atoms with Gasteiger partial charge in [0.1, 0.15) is 17.9 Å². The third-order valence-electron chi connectivity index (χ3n) is 5.51. The molecule has 0 radical (unpaired) electrons. The summed E-state index contributed by atoms with van der Waals surface area (Å²) in [6.07, 6.45) is 5.83. The number of carbonyl (C=O) groups excluding carboxylic acids is 2. The van der Waals surface area contributed by atoms with E-state index in [1.165, 1.54) is 17.0 Å². The van der Waals surface area contributed by atoms with E-state index >= 15 is 0 Å². The molecule has 33 heavy (non-hydrogen) atoms. The summed E-state index contributed by atoms with van der Waals surface area (Å²) in [5.41, 5.74) is 3.16. The summed E-state index contributed by atoms with van der Waals surface area (Å²) in [5, 5.41) is 7.76. The van der Waals surface area contributed by atoms with Gasteiger partial charge in [-0.05, 0) is 42.8 Å². The summed E-state index contributed by atoms with van der Waals surface area (Å²) < 4.78 is 19.5. The molecule has 4 aromatic rings. The van der Waals surface area contributed by atoms with Gasteiger partial charge >= 0.3 is 0 Å². The Balaban J connectivity index is 1.70. The number of fused-ring (bicyclic) bond motifs is 1. The molecule has 4 rings (SSSR count). The van der Waals surface area contributed by atoms with Crippen LogP contribution in [0, 0.1) is 5.82 Å². The van der Waals surface area contributed by atoms with Crippen molar-refractivity contribution < 1.29 is 18.7 Å². The average Bonchev–Trinajstić information content (AvgIpc) is 3.31. The lowest BCUT2D eigenvalue weighted by Crippen LogP contribution is -2.32. The van der Waals surface area contributed by atoms with Crippen molar-refractivity contribution in [1.82, 2.24) is 20.1 Å². The molecule has 0 spiro atoms. The molecule has 1 amide bonds. The molecule has 1 N–H and O–H groups in total. The number of hydrogen-bond acceptors (Lipinski definition) is 5. The number of aldehydes is 1. The molecule has 7 nitrogen and oxygen atoms in total. The molecule has 0 fully saturated rings. The van der Waals surface area contributed by atoms with Gasteiger partial charge in [-0.25, -0.2) is 4.39 Å². The molecule has 0 aliphatic rings. The predicted octanol–water partition coefficient (Wildman–Crippen LogP) is 4.57. The number of aromatic amines is 1. The number of carbonyl (C=O) groups is 2. The number of halogens is 1. The minimum Gasteiger partial charge on any atom is -0.493 e. The van der Waals surface area contributed by atoms with E-state index < -0.39 is 6.04 Å². The molecule has 0 bridgehead atoms. The number of amides is 1. The van der Waals surface area contributed by atoms with Crippen molar-refractivity contribution >= 4 is 23.1 Å². The van der Waals surface area contributed by atoms with Gasteiger partial charge in [0.05, 0.1) is 24.4 Å². The van der Waals surface area contributed by atoms with Crippen LogP contribution in [0.1, 0.15) is 35.3 Å². The standard InChI is InChI=1S/C25H23FN4O3/c1-3-33-23-12-17(7-8-20(23)16-5-4-6-19(26)11-16)25(32)30(2)22(9-10-31)21-15-27-13-18-14-28-29-24(18)21/h4-8,10-15,22H,3,9H2,1-2H3,(H,28,29). The van der Waals surface area contributed by atoms with Gasteiger partial charge in [-0.2, -0.15) is 5.10 Å². The first-order valence-electron chi connectivity index (χ1n) is 10.5. The highest BCUT2D eigenvalue weighted by atomic mass is 19.1. The average molecular weight is 446 g/mol. The van der Waals surface area contributed by atoms with Crippen LogP contribution in [0.2, 0.25) is 0 Å². The van der Waals surface area contributed by atoms with Crippen LogP contribution < -0.4 is 4.74 Å². The topological polar surface area (TPSA) is 88.2 Å². The summed E-state index contributed by atoms with van der Waals surface area (Å²) in [6.45, 7) is 2.23. The molecular formula is C25H23FN4O3. The first-order valence-corrected chi connectivity index (χ1v) is 10.5. The van der Waals surface area contributed by atoms with Crippen molar-refractivity contribution in [2.24, 2.45) is 0 Å². The smallest absolute Gasteiger partial charge is 0.254 e. The summed E-state index contributed by atoms with van der Waals surface area (Å²) in [5.74, 6) is -0.162. The number of ether oxygens (including phenoxy) is 1. The fourth-order valence-corrected chi connectivity index (χ4v) is 3.89. The lowest BCUT2D eigenvalue weighted by Gasteiger charge is -2.27. The van der Waals surface area contributed by atoms with Crippen molar-refractivity contribution in [2.45, 2.75) is 19.4 Å². The van der Waals surface area contributed by atoms with E-state index in [1.807, 2.05) is 6.92 Å². The monoisotopic (exact) mass is 446 g/mol. The van der Waals surface area contributed by atoms with Gasteiger partial charge in [0.25, 0.3) is 5.91 Å². The van der Waals surface area contributed by atoms with Crippen molar-refractivity contribution in [3.63, 3.8) is 0 Å². The largest absolute Gasteiger partial charge is 0.493 e. The second-order valence-electron chi connectivity index (χ2n) is 7.55. The Morgan fingerprint density at radius 3 is 2.82 bits per heavy atom. The van der Waals surface area contributed by atoms with Crippen LogP contribution in [0.15, 0.2) is 61.1 Å². The van der Waals surface area contributed by atoms with Crippen LogP contribution in [-0.4, -0.2) is 45.9 Å². The molecule has 0 aliphatic carbocycles. The van der Waals surface area contributed by atoms with Gasteiger partial charge in [0.2, 0.25) is 0 Å². The Bertz CT molecular complexity index is 1300. The minimum absolute atomic E-state index is 0.0990. The summed E-state index contributed by atoms with van der Waals surface area (Å²) >= 11 is 0. The first kappa shape index (κ1) is 22.1. The number of nitrogens with zero attached hydrogens (tertiary/aromatic N) is 3. The maximum Gasteiger partial charge on any atom is 0.254 e. The molecule has 8 heteroatoms. The van der Waals surface area contributed by atoms with Crippen LogP contribution >= 0.6 is 0 Å². The number of aromatic nitrogens is 3. The Kier molecular flexibility index (Phi) is 6.44. The minimum atomic E-state index is -0.537. The maximum atomic E-state index is 13.8. The van der Waals surface area contributed by atoms with Gasteiger partial charge in [-0.15, -0.1) is 0 Å². The molecule has 0 saturated carbocycles. The van der Waals surface area contributed by atoms with Gasteiger partial charge < -0.3 is 14.4 Å². The van der Waals surface area contributed by atoms with E-state index in [1.54, 1.807) is 56.0 Å². The van der Waals surface area contributed by atoms with Crippen LogP contribution in [0.4, 0.5) is 4.39 Å². The number of benzene rings is 2. The first-order chi connectivity index (χ1) is 16.0. The van der Waals surface area contributed by atoms with E-state index in [-0.39, 0.29) is 18.1 Å². The van der Waals surface area contributed by atoms with Gasteiger partial charge in [0, 0.05) is 47.9 Å². The summed E-state index contributed by atoms with van der Waals surface area (Å²) in [7, 11) is 1.65. The van der Waals surface area contributed by atoms with Crippen molar-refractivity contribution in [3.05, 3.63) is 78.0 Å². The Morgan fingerprint density at radius 2 is 2.06 bits per heavy atom. The van der Waals surface area contributed by atoms with E-state index in [0.29, 0.717) is 34.6 Å². The number of pyridine rings is 1. The summed E-state index contributed by atoms with van der Waals surface area (Å²) in [4.78, 5) is 30.6. The molecule has 1 unspecified atom stereocenters. The SMILES string of the molecule is CCOc1cc(C(=O)N(C)C(CC=O)c2cncc3cn[nH]c23)ccc1-c1cccc(F)c1. The highest BCUT2D eigenvalue weighted by molar-refractivity contribution is 5.96. The molecule has 2 aromatic carbocycles. The van der Waals surface area contributed by atoms with Gasteiger partial charge in [0.15, 0.2) is 0 Å². The molecule has 0 saturated heterocycles. The highest BCUT2D eigenvalue weighted by Gasteiger charge is 2.26. The molecule has 0 aliphatic heterocycles. The quantitative estimate of drug-likeness (QED) is 0.401. The Labute approximate surface area is 190 Å². The fraction of sp³-hybridized carbons (Fsp3) is 0.200. The summed E-state index contributed by atoms with van der Waals surface area (Å²) in [6, 6.07) is 10.7. The van der Waals surface area contributed by atoms with E-state index in [0.717, 1.165) is 17.2 Å². The van der Waals surface area contributed by atoms with Crippen molar-refractivity contribution in [1.29, 1.82) is 0 Å². The van der Waals surface area contributed by atoms with Crippen LogP contribution in [0.3, 0.4) is 0 Å². The zero-order valence-corrected chi connectivity index (χ0v) is 18.3. The van der Waals surface area contributed by atoms with Crippen LogP contribution in [-0.2, 0) is 4.79 Å². The number of hydrogen-bond donors (Lipinski definition) is 1. The van der Waals surface area contributed by atoms with Gasteiger partial charge in [-0.1, -0.05) is 12.1 Å². The number of rotatable bonds is 8. The second kappa shape index (κ2) is 9.60. The van der Waals surface area contributed by atoms with Crippen molar-refractivity contribution in [3.8, 4) is 16.9 Å². The Morgan fingerprint density at radius 1 is 1.21 bits per heavy atom. The maximum absolute atomic E-state index is 13.8. The molecule has 168 valence electrons. The number of nitrogens with one attached hydrogen (secondary N) is 1. The Hall–Kier alpha value is -4.07. The van der Waals surface area contributed by atoms with Crippen molar-refractivity contribution in [2.75, 3.05) is 13.7 Å². The number of H-pyrrole nitrogens is 1. The molecule has 2 heterocycles. The second-order valence-corrected chi connectivity index (χ2v) is 7.55. The van der Waals surface area contributed by atoms with Crippen LogP contribution in [0.25, 0.3) is 22.0 Å². The molecule has 1 atom stereocenters. The van der Waals surface area contributed by atoms with Gasteiger partial charge in [-0.3, -0.25) is 14.9 Å². The van der Waals surface area contributed by atoms with E-state index in [4.69, 9.17) is 4.74 Å². The molecular weight excluding hydrogens is 423 g/mol. The lowest BCUT2D eigenvalue weighted by molar-refractivity contribution is -0.108. The molecule has 2 aromatic heterocycles. The fourth-order valence-electron chi connectivity index (χ4n) is 3.89. The normalized spacial score (nSPS) is 11.8. The zero-order chi connectivity index (χ0) is 23.4. The zero-order valence-electron chi connectivity index (χ0n) is 18.3. The highest BCUT2D eigenvalue weighted by Crippen LogP contribution is 2.33. The van der Waals surface area contributed by atoms with E-state index in [9.17, 15) is 14.0 Å². The van der Waals surface area contributed by atoms with E-state index in [2.05, 4.69) is 15.2 Å². The lowest BCUT2D eigenvalue weighted by atomic mass is 10.00. The third kappa shape index (κ3) is 4.45. The third-order valence-corrected chi connectivity index (χ3v) is 5.51.